The van der Waals surface area contributed by atoms with Gasteiger partial charge in [-0.05, 0) is 76.7 Å². The summed E-state index contributed by atoms with van der Waals surface area (Å²) in [6, 6.07) is 4.15. The largest absolute Gasteiger partial charge is 0.338 e. The Bertz CT molecular complexity index is 1460. The average Bonchev–Trinajstić information content (AvgIpc) is 3.42. The highest BCUT2D eigenvalue weighted by atomic mass is 16.2. The van der Waals surface area contributed by atoms with Crippen molar-refractivity contribution in [1.82, 2.24) is 29.3 Å². The van der Waals surface area contributed by atoms with Crippen LogP contribution in [0, 0.1) is 6.92 Å². The van der Waals surface area contributed by atoms with E-state index in [0.29, 0.717) is 40.0 Å². The van der Waals surface area contributed by atoms with Crippen LogP contribution in [0.25, 0.3) is 11.0 Å². The SMILES string of the molecule is CC(=O)c1c(C)c2cnc(Nc3ccc(C(=O)N4CCC(N5CCC5)CC4)cn3)nc2n(C2CCCC2)c1=O. The maximum atomic E-state index is 13.4. The second kappa shape index (κ2) is 10.5. The average molecular weight is 530 g/mol. The first-order chi connectivity index (χ1) is 18.9. The third-order valence-corrected chi connectivity index (χ3v) is 8.66. The van der Waals surface area contributed by atoms with Gasteiger partial charge < -0.3 is 15.1 Å². The molecule has 0 unspecified atom stereocenters. The highest BCUT2D eigenvalue weighted by Gasteiger charge is 2.30. The number of likely N-dealkylation sites (tertiary alicyclic amines) is 2. The molecular weight excluding hydrogens is 494 g/mol. The summed E-state index contributed by atoms with van der Waals surface area (Å²) in [5.74, 6) is 0.584. The zero-order valence-corrected chi connectivity index (χ0v) is 22.7. The molecule has 6 rings (SSSR count). The number of carbonyl (C=O) groups excluding carboxylic acids is 2. The maximum absolute atomic E-state index is 13.4. The van der Waals surface area contributed by atoms with Gasteiger partial charge in [0.25, 0.3) is 11.5 Å². The van der Waals surface area contributed by atoms with E-state index in [1.54, 1.807) is 36.0 Å². The number of Topliss-reactive ketones (excluding diaryl/α,β-unsaturated/α-hetero) is 1. The predicted octanol–water partition coefficient (Wildman–Crippen LogP) is 3.87. The minimum Gasteiger partial charge on any atom is -0.338 e. The van der Waals surface area contributed by atoms with Crippen LogP contribution in [0.2, 0.25) is 0 Å². The third-order valence-electron chi connectivity index (χ3n) is 8.66. The Hall–Kier alpha value is -3.66. The van der Waals surface area contributed by atoms with E-state index in [1.165, 1.54) is 26.4 Å². The van der Waals surface area contributed by atoms with Crippen molar-refractivity contribution >= 4 is 34.5 Å². The number of aryl methyl sites for hydroxylation is 1. The van der Waals surface area contributed by atoms with Crippen LogP contribution in [0.4, 0.5) is 11.8 Å². The number of piperidine rings is 1. The van der Waals surface area contributed by atoms with Crippen LogP contribution in [0.3, 0.4) is 0 Å². The van der Waals surface area contributed by atoms with Gasteiger partial charge in [0.1, 0.15) is 11.5 Å². The second-order valence-corrected chi connectivity index (χ2v) is 11.1. The molecule has 2 aliphatic heterocycles. The number of aromatic nitrogens is 4. The molecule has 39 heavy (non-hydrogen) atoms. The fraction of sp³-hybridized carbons (Fsp3) is 0.517. The van der Waals surface area contributed by atoms with Gasteiger partial charge in [-0.1, -0.05) is 12.8 Å². The summed E-state index contributed by atoms with van der Waals surface area (Å²) in [4.78, 5) is 56.9. The van der Waals surface area contributed by atoms with Crippen molar-refractivity contribution in [2.45, 2.75) is 70.9 Å². The van der Waals surface area contributed by atoms with Crippen molar-refractivity contribution < 1.29 is 9.59 Å². The third kappa shape index (κ3) is 4.82. The summed E-state index contributed by atoms with van der Waals surface area (Å²) in [6.45, 7) is 7.14. The standard InChI is InChI=1S/C29H35N7O3/c1-18-23-17-31-29(33-26(23)36(22-6-3-4-7-22)28(39)25(18)19(2)37)32-24-9-8-20(16-30-24)27(38)35-14-10-21(11-15-35)34-12-5-13-34/h8-9,16-17,21-22H,3-7,10-15H2,1-2H3,(H,30,31,32,33). The molecule has 1 amide bonds. The summed E-state index contributed by atoms with van der Waals surface area (Å²) in [5.41, 5.74) is 1.63. The monoisotopic (exact) mass is 529 g/mol. The Morgan fingerprint density at radius 2 is 1.67 bits per heavy atom. The molecule has 10 heteroatoms. The molecule has 0 aromatic carbocycles. The summed E-state index contributed by atoms with van der Waals surface area (Å²) >= 11 is 0. The Morgan fingerprint density at radius 3 is 2.28 bits per heavy atom. The molecule has 3 aromatic rings. The second-order valence-electron chi connectivity index (χ2n) is 11.1. The van der Waals surface area contributed by atoms with Crippen LogP contribution in [0.15, 0.2) is 29.3 Å². The number of ketones is 1. The van der Waals surface area contributed by atoms with Gasteiger partial charge in [-0.2, -0.15) is 4.98 Å². The molecular formula is C29H35N7O3. The molecule has 0 radical (unpaired) electrons. The fourth-order valence-corrected chi connectivity index (χ4v) is 6.34. The van der Waals surface area contributed by atoms with Gasteiger partial charge >= 0.3 is 0 Å². The zero-order valence-electron chi connectivity index (χ0n) is 22.7. The Labute approximate surface area is 227 Å². The number of pyridine rings is 2. The van der Waals surface area contributed by atoms with Crippen LogP contribution in [0.5, 0.6) is 0 Å². The molecule has 1 aliphatic carbocycles. The maximum Gasteiger partial charge on any atom is 0.263 e. The molecule has 0 bridgehead atoms. The van der Waals surface area contributed by atoms with Gasteiger partial charge in [0.05, 0.1) is 11.1 Å². The van der Waals surface area contributed by atoms with Gasteiger partial charge in [-0.15, -0.1) is 0 Å². The van der Waals surface area contributed by atoms with E-state index in [9.17, 15) is 14.4 Å². The quantitative estimate of drug-likeness (QED) is 0.479. The fourth-order valence-electron chi connectivity index (χ4n) is 6.34. The van der Waals surface area contributed by atoms with Crippen molar-refractivity contribution in [2.75, 3.05) is 31.5 Å². The number of fused-ring (bicyclic) bond motifs is 1. The normalized spacial score (nSPS) is 18.9. The molecule has 0 spiro atoms. The lowest BCUT2D eigenvalue weighted by Crippen LogP contribution is -2.51. The Morgan fingerprint density at radius 1 is 0.923 bits per heavy atom. The van der Waals surface area contributed by atoms with Crippen molar-refractivity contribution in [3.05, 3.63) is 51.6 Å². The first-order valence-electron chi connectivity index (χ1n) is 14.1. The highest BCUT2D eigenvalue weighted by molar-refractivity contribution is 5.99. The summed E-state index contributed by atoms with van der Waals surface area (Å²) in [7, 11) is 0. The van der Waals surface area contributed by atoms with E-state index in [-0.39, 0.29) is 28.9 Å². The zero-order chi connectivity index (χ0) is 27.1. The van der Waals surface area contributed by atoms with E-state index in [2.05, 4.69) is 20.2 Å². The van der Waals surface area contributed by atoms with Crippen LogP contribution in [0.1, 0.15) is 84.2 Å². The van der Waals surface area contributed by atoms with Gasteiger partial charge in [0.15, 0.2) is 5.78 Å². The molecule has 1 N–H and O–H groups in total. The molecule has 3 fully saturated rings. The number of rotatable bonds is 6. The molecule has 0 atom stereocenters. The number of nitrogens with one attached hydrogen (secondary N) is 1. The lowest BCUT2D eigenvalue weighted by Gasteiger charge is -2.42. The molecule has 204 valence electrons. The van der Waals surface area contributed by atoms with Crippen molar-refractivity contribution in [1.29, 1.82) is 0 Å². The molecule has 10 nitrogen and oxygen atoms in total. The van der Waals surface area contributed by atoms with Gasteiger partial charge in [0.2, 0.25) is 5.95 Å². The first-order valence-corrected chi connectivity index (χ1v) is 14.1. The van der Waals surface area contributed by atoms with E-state index in [1.807, 2.05) is 4.90 Å². The van der Waals surface area contributed by atoms with E-state index in [0.717, 1.165) is 51.6 Å². The molecule has 3 aromatic heterocycles. The van der Waals surface area contributed by atoms with Gasteiger partial charge in [-0.25, -0.2) is 9.97 Å². The summed E-state index contributed by atoms with van der Waals surface area (Å²) in [5, 5.41) is 3.82. The molecule has 3 aliphatic rings. The topological polar surface area (TPSA) is 113 Å². The van der Waals surface area contributed by atoms with E-state index in [4.69, 9.17) is 4.98 Å². The number of carbonyl (C=O) groups is 2. The van der Waals surface area contributed by atoms with E-state index < -0.39 is 0 Å². The van der Waals surface area contributed by atoms with Crippen molar-refractivity contribution in [2.24, 2.45) is 0 Å². The minimum atomic E-state index is -0.279. The predicted molar refractivity (Wildman–Crippen MR) is 149 cm³/mol. The first kappa shape index (κ1) is 25.6. The van der Waals surface area contributed by atoms with Crippen LogP contribution in [-0.4, -0.2) is 73.2 Å². The van der Waals surface area contributed by atoms with Crippen LogP contribution in [-0.2, 0) is 0 Å². The van der Waals surface area contributed by atoms with Crippen molar-refractivity contribution in [3.8, 4) is 0 Å². The lowest BCUT2D eigenvalue weighted by atomic mass is 9.99. The Balaban J connectivity index is 1.21. The van der Waals surface area contributed by atoms with Gasteiger partial charge in [0, 0.05) is 43.0 Å². The molecule has 2 saturated heterocycles. The Kier molecular flexibility index (Phi) is 6.88. The smallest absolute Gasteiger partial charge is 0.263 e. The molecule has 1 saturated carbocycles. The number of hydrogen-bond acceptors (Lipinski definition) is 8. The minimum absolute atomic E-state index is 0.00963. The number of hydrogen-bond donors (Lipinski definition) is 1. The van der Waals surface area contributed by atoms with Crippen LogP contribution < -0.4 is 10.9 Å². The summed E-state index contributed by atoms with van der Waals surface area (Å²) < 4.78 is 1.69. The highest BCUT2D eigenvalue weighted by Crippen LogP contribution is 2.32. The number of anilines is 2. The summed E-state index contributed by atoms with van der Waals surface area (Å²) in [6.07, 6.45) is 10.5. The van der Waals surface area contributed by atoms with Crippen LogP contribution >= 0.6 is 0 Å². The number of amides is 1. The molecule has 5 heterocycles. The lowest BCUT2D eigenvalue weighted by molar-refractivity contribution is 0.0488. The number of nitrogens with zero attached hydrogens (tertiary/aromatic N) is 6. The van der Waals surface area contributed by atoms with Crippen molar-refractivity contribution in [3.63, 3.8) is 0 Å². The van der Waals surface area contributed by atoms with Gasteiger partial charge in [-0.3, -0.25) is 19.0 Å². The van der Waals surface area contributed by atoms with E-state index >= 15 is 0 Å².